The molecule has 1 N–H and O–H groups in total. The average Bonchev–Trinajstić information content (AvgIpc) is 2.89. The van der Waals surface area contributed by atoms with Crippen LogP contribution in [0.5, 0.6) is 0 Å². The number of nitrogens with zero attached hydrogens (tertiary/aromatic N) is 2. The van der Waals surface area contributed by atoms with E-state index in [1.807, 2.05) is 11.3 Å². The molecule has 1 unspecified atom stereocenters. The first kappa shape index (κ1) is 15.4. The van der Waals surface area contributed by atoms with Gasteiger partial charge in [0.05, 0.1) is 11.2 Å². The first-order chi connectivity index (χ1) is 9.81. The van der Waals surface area contributed by atoms with Gasteiger partial charge >= 0.3 is 0 Å². The van der Waals surface area contributed by atoms with Crippen LogP contribution >= 0.6 is 11.3 Å². The van der Waals surface area contributed by atoms with Crippen LogP contribution in [0.3, 0.4) is 0 Å². The minimum atomic E-state index is 0.0822. The summed E-state index contributed by atoms with van der Waals surface area (Å²) in [5.41, 5.74) is 1.46. The summed E-state index contributed by atoms with van der Waals surface area (Å²) in [6.45, 7) is 15.0. The van der Waals surface area contributed by atoms with Crippen molar-refractivity contribution in [1.82, 2.24) is 15.2 Å². The van der Waals surface area contributed by atoms with Crippen molar-refractivity contribution in [2.24, 2.45) is 5.92 Å². The van der Waals surface area contributed by atoms with Crippen molar-refractivity contribution in [2.75, 3.05) is 19.6 Å². The molecule has 3 aliphatic heterocycles. The molecule has 3 aliphatic rings. The van der Waals surface area contributed by atoms with Crippen molar-refractivity contribution in [3.63, 3.8) is 0 Å². The van der Waals surface area contributed by atoms with Crippen molar-refractivity contribution in [1.29, 1.82) is 0 Å². The fourth-order valence-electron chi connectivity index (χ4n) is 3.87. The van der Waals surface area contributed by atoms with E-state index >= 15 is 0 Å². The molecule has 0 aliphatic carbocycles. The van der Waals surface area contributed by atoms with Crippen LogP contribution in [-0.2, 0) is 11.0 Å². The van der Waals surface area contributed by atoms with Crippen molar-refractivity contribution >= 4 is 11.3 Å². The van der Waals surface area contributed by atoms with Crippen LogP contribution in [0, 0.1) is 5.92 Å². The Labute approximate surface area is 133 Å². The molecular formula is C17H29N3S. The van der Waals surface area contributed by atoms with Gasteiger partial charge in [-0.15, -0.1) is 11.3 Å². The molecule has 3 fully saturated rings. The number of piperidine rings is 3. The summed E-state index contributed by atoms with van der Waals surface area (Å²) in [6, 6.07) is 0.493. The normalized spacial score (nSPS) is 32.9. The summed E-state index contributed by atoms with van der Waals surface area (Å²) < 4.78 is 0. The minimum absolute atomic E-state index is 0.0822. The van der Waals surface area contributed by atoms with Gasteiger partial charge in [0.25, 0.3) is 0 Å². The lowest BCUT2D eigenvalue weighted by Crippen LogP contribution is -2.64. The molecule has 21 heavy (non-hydrogen) atoms. The lowest BCUT2D eigenvalue weighted by Gasteiger charge is -2.53. The predicted molar refractivity (Wildman–Crippen MR) is 89.9 cm³/mol. The number of fused-ring (bicyclic) bond motifs is 3. The molecule has 0 radical (unpaired) electrons. The summed E-state index contributed by atoms with van der Waals surface area (Å²) in [7, 11) is 0. The summed E-state index contributed by atoms with van der Waals surface area (Å²) >= 11 is 1.86. The number of rotatable bonds is 3. The Morgan fingerprint density at radius 3 is 2.43 bits per heavy atom. The van der Waals surface area contributed by atoms with Crippen LogP contribution in [-0.4, -0.2) is 35.6 Å². The Balaban J connectivity index is 1.98. The first-order valence-electron chi connectivity index (χ1n) is 8.28. The SMILES string of the molecule is CC(C)NC1(c2nc(C(C)(C)C)cs2)CN2CCC1CC2. The van der Waals surface area contributed by atoms with Gasteiger partial charge in [0.2, 0.25) is 0 Å². The molecule has 4 heterocycles. The van der Waals surface area contributed by atoms with E-state index < -0.39 is 0 Å². The summed E-state index contributed by atoms with van der Waals surface area (Å²) in [4.78, 5) is 7.70. The summed E-state index contributed by atoms with van der Waals surface area (Å²) in [5.74, 6) is 0.740. The molecule has 118 valence electrons. The molecule has 3 nitrogen and oxygen atoms in total. The van der Waals surface area contributed by atoms with Gasteiger partial charge < -0.3 is 10.2 Å². The van der Waals surface area contributed by atoms with E-state index in [1.54, 1.807) is 0 Å². The van der Waals surface area contributed by atoms with Crippen LogP contribution in [0.15, 0.2) is 5.38 Å². The molecule has 4 rings (SSSR count). The predicted octanol–water partition coefficient (Wildman–Crippen LogP) is 3.36. The van der Waals surface area contributed by atoms with Gasteiger partial charge in [-0.1, -0.05) is 20.8 Å². The van der Waals surface area contributed by atoms with E-state index in [2.05, 4.69) is 50.2 Å². The Kier molecular flexibility index (Phi) is 3.92. The largest absolute Gasteiger partial charge is 0.302 e. The van der Waals surface area contributed by atoms with E-state index in [0.29, 0.717) is 6.04 Å². The van der Waals surface area contributed by atoms with Gasteiger partial charge in [0, 0.05) is 23.4 Å². The smallest absolute Gasteiger partial charge is 0.115 e. The number of aromatic nitrogens is 1. The van der Waals surface area contributed by atoms with Crippen molar-refractivity contribution in [3.8, 4) is 0 Å². The van der Waals surface area contributed by atoms with Crippen LogP contribution in [0.2, 0.25) is 0 Å². The molecule has 4 heteroatoms. The molecule has 3 saturated heterocycles. The molecule has 1 aromatic heterocycles. The second-order valence-corrected chi connectivity index (χ2v) is 8.97. The van der Waals surface area contributed by atoms with Crippen molar-refractivity contribution in [3.05, 3.63) is 16.1 Å². The molecule has 0 amide bonds. The number of hydrogen-bond acceptors (Lipinski definition) is 4. The molecule has 0 aromatic carbocycles. The zero-order chi connectivity index (χ0) is 15.3. The Morgan fingerprint density at radius 2 is 2.00 bits per heavy atom. The van der Waals surface area contributed by atoms with Gasteiger partial charge in [0.1, 0.15) is 5.01 Å². The van der Waals surface area contributed by atoms with Crippen LogP contribution in [0.25, 0.3) is 0 Å². The van der Waals surface area contributed by atoms with E-state index in [0.717, 1.165) is 12.5 Å². The lowest BCUT2D eigenvalue weighted by atomic mass is 9.72. The van der Waals surface area contributed by atoms with Gasteiger partial charge in [-0.2, -0.15) is 0 Å². The van der Waals surface area contributed by atoms with Crippen LogP contribution in [0.4, 0.5) is 0 Å². The summed E-state index contributed by atoms with van der Waals surface area (Å²) in [5, 5.41) is 7.50. The van der Waals surface area contributed by atoms with E-state index in [4.69, 9.17) is 4.98 Å². The Bertz CT molecular complexity index is 490. The maximum absolute atomic E-state index is 5.08. The fourth-order valence-corrected chi connectivity index (χ4v) is 5.15. The number of thiazole rings is 1. The van der Waals surface area contributed by atoms with Crippen LogP contribution < -0.4 is 5.32 Å². The lowest BCUT2D eigenvalue weighted by molar-refractivity contribution is -0.00178. The monoisotopic (exact) mass is 307 g/mol. The zero-order valence-electron chi connectivity index (χ0n) is 14.1. The highest BCUT2D eigenvalue weighted by atomic mass is 32.1. The molecule has 1 atom stereocenters. The Morgan fingerprint density at radius 1 is 1.33 bits per heavy atom. The second kappa shape index (κ2) is 5.32. The van der Waals surface area contributed by atoms with Gasteiger partial charge in [0.15, 0.2) is 0 Å². The van der Waals surface area contributed by atoms with Crippen molar-refractivity contribution < 1.29 is 0 Å². The second-order valence-electron chi connectivity index (χ2n) is 8.11. The van der Waals surface area contributed by atoms with Crippen LogP contribution in [0.1, 0.15) is 58.2 Å². The van der Waals surface area contributed by atoms with E-state index in [-0.39, 0.29) is 11.0 Å². The van der Waals surface area contributed by atoms with Crippen molar-refractivity contribution in [2.45, 2.75) is 64.5 Å². The van der Waals surface area contributed by atoms with E-state index in [9.17, 15) is 0 Å². The quantitative estimate of drug-likeness (QED) is 0.928. The highest BCUT2D eigenvalue weighted by Crippen LogP contribution is 2.44. The third-order valence-electron chi connectivity index (χ3n) is 4.96. The molecule has 0 spiro atoms. The third-order valence-corrected chi connectivity index (χ3v) is 5.98. The maximum Gasteiger partial charge on any atom is 0.115 e. The van der Waals surface area contributed by atoms with E-state index in [1.165, 1.54) is 36.6 Å². The maximum atomic E-state index is 5.08. The molecule has 0 saturated carbocycles. The van der Waals surface area contributed by atoms with Gasteiger partial charge in [-0.05, 0) is 45.7 Å². The zero-order valence-corrected chi connectivity index (χ0v) is 14.9. The third kappa shape index (κ3) is 2.78. The van der Waals surface area contributed by atoms with Gasteiger partial charge in [-0.25, -0.2) is 4.98 Å². The average molecular weight is 308 g/mol. The fraction of sp³-hybridized carbons (Fsp3) is 0.824. The first-order valence-corrected chi connectivity index (χ1v) is 9.16. The van der Waals surface area contributed by atoms with Gasteiger partial charge in [-0.3, -0.25) is 0 Å². The molecule has 2 bridgehead atoms. The molecule has 1 aromatic rings. The summed E-state index contributed by atoms with van der Waals surface area (Å²) in [6.07, 6.45) is 2.62. The Hall–Kier alpha value is -0.450. The highest BCUT2D eigenvalue weighted by Gasteiger charge is 2.50. The minimum Gasteiger partial charge on any atom is -0.302 e. The topological polar surface area (TPSA) is 28.2 Å². The number of hydrogen-bond donors (Lipinski definition) is 1. The number of nitrogens with one attached hydrogen (secondary N) is 1. The highest BCUT2D eigenvalue weighted by molar-refractivity contribution is 7.09. The standard InChI is InChI=1S/C17H29N3S/c1-12(2)19-17(11-20-8-6-13(17)7-9-20)15-18-14(10-21-15)16(3,4)5/h10,12-13,19H,6-9,11H2,1-5H3. The molecular weight excluding hydrogens is 278 g/mol.